The molecule has 5 aromatic rings. The Morgan fingerprint density at radius 1 is 0.913 bits per heavy atom. The van der Waals surface area contributed by atoms with Crippen LogP contribution in [-0.2, 0) is 25.8 Å². The lowest BCUT2D eigenvalue weighted by atomic mass is 10.1. The number of carboxylic acids is 1. The number of hydrogen-bond acceptors (Lipinski definition) is 16. The second-order valence-electron chi connectivity index (χ2n) is 8.91. The molecule has 0 fully saturated rings. The molecule has 18 nitrogen and oxygen atoms in total. The first-order chi connectivity index (χ1) is 21.9. The molecule has 5 rings (SSSR count). The fourth-order valence-electron chi connectivity index (χ4n) is 4.09. The van der Waals surface area contributed by atoms with Crippen LogP contribution in [0.2, 0.25) is 0 Å². The number of aromatic nitrogens is 3. The van der Waals surface area contributed by atoms with Crippen molar-refractivity contribution in [2.45, 2.75) is 4.90 Å². The highest BCUT2D eigenvalue weighted by Crippen LogP contribution is 2.48. The largest absolute Gasteiger partial charge is 0.505 e. The Kier molecular flexibility index (Phi) is 8.97. The van der Waals surface area contributed by atoms with Gasteiger partial charge in [-0.2, -0.15) is 37.8 Å². The number of carboxylic acid groups (broad SMARTS) is 1. The first kappa shape index (κ1) is 31.6. The molecular weight excluding hydrogens is 648 g/mol. The van der Waals surface area contributed by atoms with E-state index in [4.69, 9.17) is 10.1 Å². The highest BCUT2D eigenvalue weighted by molar-refractivity contribution is 7.86. The number of fused-ring (bicyclic) bond motifs is 1. The lowest BCUT2D eigenvalue weighted by Crippen LogP contribution is -2.12. The number of hydrogen-bond donors (Lipinski definition) is 7. The number of aromatic carboxylic acids is 1. The van der Waals surface area contributed by atoms with Crippen LogP contribution in [0, 0.1) is 0 Å². The number of aromatic hydroxyl groups is 2. The third-order valence-electron chi connectivity index (χ3n) is 5.99. The average Bonchev–Trinajstić information content (AvgIpc) is 3.00. The third kappa shape index (κ3) is 6.95. The molecule has 20 heteroatoms. The van der Waals surface area contributed by atoms with Crippen molar-refractivity contribution in [3.63, 3.8) is 0 Å². The van der Waals surface area contributed by atoms with Crippen molar-refractivity contribution in [3.8, 4) is 17.5 Å². The molecule has 1 heterocycles. The van der Waals surface area contributed by atoms with Crippen molar-refractivity contribution >= 4 is 72.9 Å². The highest BCUT2D eigenvalue weighted by atomic mass is 32.2. The molecule has 8 N–H and O–H groups in total. The number of anilines is 4. The topological polar surface area (TPSA) is 281 Å². The van der Waals surface area contributed by atoms with Crippen molar-refractivity contribution in [1.82, 2.24) is 15.0 Å². The molecule has 236 valence electrons. The minimum absolute atomic E-state index is 0.114. The maximum absolute atomic E-state index is 12.6. The molecule has 1 aromatic heterocycles. The molecule has 0 saturated heterocycles. The van der Waals surface area contributed by atoms with Gasteiger partial charge in [0.05, 0.1) is 16.1 Å². The van der Waals surface area contributed by atoms with Gasteiger partial charge in [0.25, 0.3) is 0 Å². The Morgan fingerprint density at radius 3 is 2.26 bits per heavy atom. The van der Waals surface area contributed by atoms with Crippen molar-refractivity contribution in [1.29, 1.82) is 0 Å². The van der Waals surface area contributed by atoms with E-state index in [0.717, 1.165) is 18.2 Å². The first-order valence-corrected chi connectivity index (χ1v) is 14.9. The fraction of sp³-hybridized carbons (Fsp3) is 0. The molecule has 0 bridgehead atoms. The van der Waals surface area contributed by atoms with Crippen molar-refractivity contribution in [2.75, 3.05) is 10.6 Å². The number of para-hydroxylation sites is 1. The standard InChI is InChI=1S/C26H20N8O10S2/c27-44-46(41,42)15-10-13-11-19(43-45(39)40)21(34-33-17-9-5-4-8-16(17)23(36)37)22(35)20(13)18(12-15)29-25-30-24(31-26(38)32-25)28-14-6-2-1-3-7-14/h1-12,35H,27H2,(H,36,37)(H,39,40)(H3,28,29,30,31,32,38). The van der Waals surface area contributed by atoms with Crippen LogP contribution in [0.3, 0.4) is 0 Å². The molecule has 0 aliphatic heterocycles. The molecule has 0 saturated carbocycles. The number of nitrogens with zero attached hydrogens (tertiary/aromatic N) is 5. The predicted molar refractivity (Wildman–Crippen MR) is 162 cm³/mol. The van der Waals surface area contributed by atoms with Gasteiger partial charge < -0.3 is 30.1 Å². The second kappa shape index (κ2) is 13.1. The van der Waals surface area contributed by atoms with E-state index in [0.29, 0.717) is 5.69 Å². The van der Waals surface area contributed by atoms with Crippen LogP contribution >= 0.6 is 0 Å². The summed E-state index contributed by atoms with van der Waals surface area (Å²) in [5.41, 5.74) is -0.587. The van der Waals surface area contributed by atoms with E-state index in [1.165, 1.54) is 24.3 Å². The number of benzene rings is 4. The van der Waals surface area contributed by atoms with Gasteiger partial charge in [0.2, 0.25) is 11.9 Å². The van der Waals surface area contributed by atoms with Crippen LogP contribution in [0.1, 0.15) is 10.4 Å². The Bertz CT molecular complexity index is 2130. The van der Waals surface area contributed by atoms with Gasteiger partial charge >= 0.3 is 33.5 Å². The van der Waals surface area contributed by atoms with Gasteiger partial charge in [0.1, 0.15) is 5.69 Å². The molecule has 0 radical (unpaired) electrons. The minimum Gasteiger partial charge on any atom is -0.505 e. The summed E-state index contributed by atoms with van der Waals surface area (Å²) in [4.78, 5) is 22.9. The van der Waals surface area contributed by atoms with E-state index in [-0.39, 0.29) is 39.6 Å². The Labute approximate surface area is 260 Å². The van der Waals surface area contributed by atoms with Crippen LogP contribution in [0.15, 0.2) is 87.9 Å². The van der Waals surface area contributed by atoms with Crippen LogP contribution in [0.4, 0.5) is 34.6 Å². The van der Waals surface area contributed by atoms with Gasteiger partial charge in [-0.3, -0.25) is 4.55 Å². The van der Waals surface area contributed by atoms with E-state index in [9.17, 15) is 37.3 Å². The number of carbonyl (C=O) groups is 1. The summed E-state index contributed by atoms with van der Waals surface area (Å²) in [7, 11) is -4.59. The zero-order chi connectivity index (χ0) is 33.0. The zero-order valence-corrected chi connectivity index (χ0v) is 24.4. The molecule has 0 aliphatic rings. The minimum atomic E-state index is -4.59. The monoisotopic (exact) mass is 668 g/mol. The van der Waals surface area contributed by atoms with Crippen LogP contribution in [-0.4, -0.2) is 53.4 Å². The number of azo groups is 1. The fourth-order valence-corrected chi connectivity index (χ4v) is 5.01. The summed E-state index contributed by atoms with van der Waals surface area (Å²) in [5.74, 6) is 1.89. The molecule has 1 atom stereocenters. The summed E-state index contributed by atoms with van der Waals surface area (Å²) in [6.07, 6.45) is 0. The van der Waals surface area contributed by atoms with Crippen LogP contribution in [0.5, 0.6) is 17.5 Å². The number of phenols is 1. The van der Waals surface area contributed by atoms with E-state index in [1.807, 2.05) is 0 Å². The van der Waals surface area contributed by atoms with E-state index >= 15 is 0 Å². The number of nitrogens with two attached hydrogens (primary N) is 1. The summed E-state index contributed by atoms with van der Waals surface area (Å²) >= 11 is -2.97. The zero-order valence-electron chi connectivity index (χ0n) is 22.8. The second-order valence-corrected chi connectivity index (χ2v) is 11.1. The lowest BCUT2D eigenvalue weighted by Gasteiger charge is -2.15. The van der Waals surface area contributed by atoms with Gasteiger partial charge in [-0.15, -0.1) is 10.2 Å². The van der Waals surface area contributed by atoms with Gasteiger partial charge in [-0.1, -0.05) is 30.3 Å². The molecule has 46 heavy (non-hydrogen) atoms. The van der Waals surface area contributed by atoms with Crippen LogP contribution in [0.25, 0.3) is 10.8 Å². The van der Waals surface area contributed by atoms with Crippen molar-refractivity contribution in [2.24, 2.45) is 16.1 Å². The summed E-state index contributed by atoms with van der Waals surface area (Å²) in [5, 5.41) is 44.1. The Morgan fingerprint density at radius 2 is 1.59 bits per heavy atom. The van der Waals surface area contributed by atoms with Gasteiger partial charge in [-0.25, -0.2) is 4.79 Å². The van der Waals surface area contributed by atoms with Crippen LogP contribution < -0.4 is 20.7 Å². The summed E-state index contributed by atoms with van der Waals surface area (Å²) in [6.45, 7) is 0. The van der Waals surface area contributed by atoms with Gasteiger partial charge in [-0.05, 0) is 47.9 Å². The molecule has 0 spiro atoms. The lowest BCUT2D eigenvalue weighted by molar-refractivity contribution is 0.0697. The van der Waals surface area contributed by atoms with Crippen molar-refractivity contribution in [3.05, 3.63) is 78.4 Å². The number of phenolic OH excluding ortho intramolecular Hbond substituents is 1. The Hall–Kier alpha value is -5.80. The summed E-state index contributed by atoms with van der Waals surface area (Å²) in [6, 6.07) is 16.5. The molecule has 1 unspecified atom stereocenters. The highest BCUT2D eigenvalue weighted by Gasteiger charge is 2.24. The maximum Gasteiger partial charge on any atom is 0.357 e. The smallest absolute Gasteiger partial charge is 0.357 e. The SMILES string of the molecule is NOS(=O)(=O)c1cc(Nc2nc(O)nc(Nc3ccccc3)n2)c2c(O)c(N=Nc3ccccc3C(=O)O)c(OS(=O)O)cc2c1. The van der Waals surface area contributed by atoms with Gasteiger partial charge in [0.15, 0.2) is 17.2 Å². The average molecular weight is 669 g/mol. The maximum atomic E-state index is 12.6. The number of rotatable bonds is 11. The Balaban J connectivity index is 1.71. The van der Waals surface area contributed by atoms with E-state index in [2.05, 4.69) is 40.1 Å². The predicted octanol–water partition coefficient (Wildman–Crippen LogP) is 4.13. The first-order valence-electron chi connectivity index (χ1n) is 12.5. The van der Waals surface area contributed by atoms with Crippen molar-refractivity contribution < 1.29 is 45.8 Å². The third-order valence-corrected chi connectivity index (χ3v) is 7.38. The van der Waals surface area contributed by atoms with Gasteiger partial charge in [0, 0.05) is 11.1 Å². The van der Waals surface area contributed by atoms with E-state index < -0.39 is 55.5 Å². The van der Waals surface area contributed by atoms with E-state index in [1.54, 1.807) is 30.3 Å². The molecule has 0 aliphatic carbocycles. The quantitative estimate of drug-likeness (QED) is 0.0591. The normalized spacial score (nSPS) is 12.2. The number of nitrogens with one attached hydrogen (secondary N) is 2. The molecule has 0 amide bonds. The molecule has 4 aromatic carbocycles. The summed E-state index contributed by atoms with van der Waals surface area (Å²) < 4.78 is 55.3. The molecular formula is C26H20N8O10S2.